The SMILES string of the molecule is Cc1c(Cl)nnc(NCc2ncn(C)n2)c1C. The number of rotatable bonds is 3. The summed E-state index contributed by atoms with van der Waals surface area (Å²) in [6.45, 7) is 4.37. The van der Waals surface area contributed by atoms with Gasteiger partial charge in [0.2, 0.25) is 0 Å². The second-order valence-electron chi connectivity index (χ2n) is 3.78. The summed E-state index contributed by atoms with van der Waals surface area (Å²) in [5.41, 5.74) is 1.92. The molecule has 2 heterocycles. The van der Waals surface area contributed by atoms with E-state index >= 15 is 0 Å². The number of nitrogens with zero attached hydrogens (tertiary/aromatic N) is 5. The molecule has 2 aromatic rings. The maximum Gasteiger partial charge on any atom is 0.169 e. The summed E-state index contributed by atoms with van der Waals surface area (Å²) in [4.78, 5) is 4.12. The summed E-state index contributed by atoms with van der Waals surface area (Å²) < 4.78 is 1.66. The van der Waals surface area contributed by atoms with Crippen molar-refractivity contribution in [3.63, 3.8) is 0 Å². The second kappa shape index (κ2) is 4.67. The Morgan fingerprint density at radius 3 is 2.71 bits per heavy atom. The van der Waals surface area contributed by atoms with E-state index in [-0.39, 0.29) is 0 Å². The molecule has 2 aromatic heterocycles. The van der Waals surface area contributed by atoms with Gasteiger partial charge in [0.25, 0.3) is 0 Å². The van der Waals surface area contributed by atoms with Gasteiger partial charge in [-0.25, -0.2) is 4.98 Å². The van der Waals surface area contributed by atoms with Crippen LogP contribution in [0.2, 0.25) is 5.15 Å². The molecular formula is C10H13ClN6. The van der Waals surface area contributed by atoms with Crippen LogP contribution in [-0.4, -0.2) is 25.0 Å². The Kier molecular flexibility index (Phi) is 3.23. The first-order valence-electron chi connectivity index (χ1n) is 5.15. The molecule has 0 radical (unpaired) electrons. The van der Waals surface area contributed by atoms with Crippen molar-refractivity contribution in [2.75, 3.05) is 5.32 Å². The summed E-state index contributed by atoms with van der Waals surface area (Å²) in [5.74, 6) is 1.42. The van der Waals surface area contributed by atoms with E-state index in [1.165, 1.54) is 0 Å². The molecule has 0 atom stereocenters. The van der Waals surface area contributed by atoms with Gasteiger partial charge in [-0.05, 0) is 25.0 Å². The van der Waals surface area contributed by atoms with Crippen molar-refractivity contribution >= 4 is 17.4 Å². The quantitative estimate of drug-likeness (QED) is 0.896. The molecule has 90 valence electrons. The average Bonchev–Trinajstić information content (AvgIpc) is 2.71. The van der Waals surface area contributed by atoms with E-state index in [0.29, 0.717) is 23.3 Å². The van der Waals surface area contributed by atoms with Crippen LogP contribution in [0.15, 0.2) is 6.33 Å². The van der Waals surface area contributed by atoms with E-state index in [2.05, 4.69) is 25.6 Å². The summed E-state index contributed by atoms with van der Waals surface area (Å²) in [6, 6.07) is 0. The molecule has 0 unspecified atom stereocenters. The number of nitrogens with one attached hydrogen (secondary N) is 1. The van der Waals surface area contributed by atoms with Crippen LogP contribution in [0.4, 0.5) is 5.82 Å². The van der Waals surface area contributed by atoms with Crippen LogP contribution in [-0.2, 0) is 13.6 Å². The molecule has 7 heteroatoms. The van der Waals surface area contributed by atoms with Crippen LogP contribution in [0.1, 0.15) is 17.0 Å². The Morgan fingerprint density at radius 1 is 1.29 bits per heavy atom. The van der Waals surface area contributed by atoms with Crippen LogP contribution in [0, 0.1) is 13.8 Å². The van der Waals surface area contributed by atoms with E-state index < -0.39 is 0 Å². The van der Waals surface area contributed by atoms with E-state index in [4.69, 9.17) is 11.6 Å². The van der Waals surface area contributed by atoms with Gasteiger partial charge >= 0.3 is 0 Å². The maximum atomic E-state index is 5.88. The minimum Gasteiger partial charge on any atom is -0.361 e. The monoisotopic (exact) mass is 252 g/mol. The highest BCUT2D eigenvalue weighted by Gasteiger charge is 2.08. The van der Waals surface area contributed by atoms with Gasteiger partial charge in [-0.3, -0.25) is 4.68 Å². The first-order valence-corrected chi connectivity index (χ1v) is 5.53. The smallest absolute Gasteiger partial charge is 0.169 e. The van der Waals surface area contributed by atoms with Crippen LogP contribution in [0.25, 0.3) is 0 Å². The lowest BCUT2D eigenvalue weighted by atomic mass is 10.2. The largest absolute Gasteiger partial charge is 0.361 e. The van der Waals surface area contributed by atoms with Crippen molar-refractivity contribution in [3.05, 3.63) is 28.4 Å². The summed E-state index contributed by atoms with van der Waals surface area (Å²) in [5, 5.41) is 15.6. The molecule has 0 saturated heterocycles. The molecule has 0 saturated carbocycles. The fourth-order valence-electron chi connectivity index (χ4n) is 1.37. The lowest BCUT2D eigenvalue weighted by Gasteiger charge is -2.08. The first-order chi connectivity index (χ1) is 8.08. The number of hydrogen-bond acceptors (Lipinski definition) is 5. The molecular weight excluding hydrogens is 240 g/mol. The molecule has 0 aromatic carbocycles. The minimum atomic E-state index is 0.434. The zero-order valence-electron chi connectivity index (χ0n) is 9.90. The van der Waals surface area contributed by atoms with Crippen LogP contribution >= 0.6 is 11.6 Å². The predicted octanol–water partition coefficient (Wildman–Crippen LogP) is 1.49. The third-order valence-corrected chi connectivity index (χ3v) is 2.88. The van der Waals surface area contributed by atoms with E-state index in [0.717, 1.165) is 11.1 Å². The zero-order chi connectivity index (χ0) is 12.4. The Labute approximate surface area is 104 Å². The van der Waals surface area contributed by atoms with E-state index in [9.17, 15) is 0 Å². The Morgan fingerprint density at radius 2 is 2.06 bits per heavy atom. The van der Waals surface area contributed by atoms with Gasteiger partial charge in [-0.2, -0.15) is 5.10 Å². The summed E-state index contributed by atoms with van der Waals surface area (Å²) in [6.07, 6.45) is 1.66. The Bertz CT molecular complexity index is 536. The molecule has 0 aliphatic heterocycles. The van der Waals surface area contributed by atoms with Crippen LogP contribution < -0.4 is 5.32 Å². The maximum absolute atomic E-state index is 5.88. The molecule has 2 rings (SSSR count). The average molecular weight is 253 g/mol. The first kappa shape index (κ1) is 11.8. The molecule has 1 N–H and O–H groups in total. The normalized spacial score (nSPS) is 10.6. The van der Waals surface area contributed by atoms with Crippen molar-refractivity contribution in [2.45, 2.75) is 20.4 Å². The number of anilines is 1. The fraction of sp³-hybridized carbons (Fsp3) is 0.400. The van der Waals surface area contributed by atoms with Crippen molar-refractivity contribution < 1.29 is 0 Å². The van der Waals surface area contributed by atoms with Gasteiger partial charge < -0.3 is 5.32 Å². The third-order valence-electron chi connectivity index (χ3n) is 2.53. The Hall–Kier alpha value is -1.69. The second-order valence-corrected chi connectivity index (χ2v) is 4.14. The molecule has 0 fully saturated rings. The molecule has 6 nitrogen and oxygen atoms in total. The highest BCUT2D eigenvalue weighted by Crippen LogP contribution is 2.20. The van der Waals surface area contributed by atoms with Gasteiger partial charge in [-0.15, -0.1) is 10.2 Å². The van der Waals surface area contributed by atoms with Gasteiger partial charge in [-0.1, -0.05) is 11.6 Å². The van der Waals surface area contributed by atoms with Gasteiger partial charge in [0, 0.05) is 7.05 Å². The van der Waals surface area contributed by atoms with Crippen LogP contribution in [0.5, 0.6) is 0 Å². The molecule has 17 heavy (non-hydrogen) atoms. The topological polar surface area (TPSA) is 68.5 Å². The van der Waals surface area contributed by atoms with Gasteiger partial charge in [0.15, 0.2) is 16.8 Å². The standard InChI is InChI=1S/C10H13ClN6/c1-6-7(2)10(15-14-9(6)11)12-4-8-13-5-17(3)16-8/h5H,4H2,1-3H3,(H,12,15). The van der Waals surface area contributed by atoms with Crippen molar-refractivity contribution in [1.82, 2.24) is 25.0 Å². The van der Waals surface area contributed by atoms with Crippen LogP contribution in [0.3, 0.4) is 0 Å². The number of halogens is 1. The summed E-state index contributed by atoms with van der Waals surface area (Å²) in [7, 11) is 1.83. The fourth-order valence-corrected chi connectivity index (χ4v) is 1.55. The molecule has 0 aliphatic carbocycles. The van der Waals surface area contributed by atoms with Crippen molar-refractivity contribution in [2.24, 2.45) is 7.05 Å². The van der Waals surface area contributed by atoms with Crippen molar-refractivity contribution in [3.8, 4) is 0 Å². The Balaban J connectivity index is 2.12. The van der Waals surface area contributed by atoms with E-state index in [1.807, 2.05) is 20.9 Å². The lowest BCUT2D eigenvalue weighted by Crippen LogP contribution is -2.07. The van der Waals surface area contributed by atoms with Crippen molar-refractivity contribution in [1.29, 1.82) is 0 Å². The highest BCUT2D eigenvalue weighted by molar-refractivity contribution is 6.30. The molecule has 0 aliphatic rings. The third kappa shape index (κ3) is 2.52. The van der Waals surface area contributed by atoms with E-state index in [1.54, 1.807) is 11.0 Å². The number of aryl methyl sites for hydroxylation is 1. The number of aromatic nitrogens is 5. The molecule has 0 amide bonds. The lowest BCUT2D eigenvalue weighted by molar-refractivity contribution is 0.746. The molecule has 0 spiro atoms. The highest BCUT2D eigenvalue weighted by atomic mass is 35.5. The predicted molar refractivity (Wildman–Crippen MR) is 64.8 cm³/mol. The minimum absolute atomic E-state index is 0.434. The molecule has 0 bridgehead atoms. The van der Waals surface area contributed by atoms with Gasteiger partial charge in [0.05, 0.1) is 6.54 Å². The zero-order valence-corrected chi connectivity index (χ0v) is 10.7. The number of hydrogen-bond donors (Lipinski definition) is 1. The van der Waals surface area contributed by atoms with Gasteiger partial charge in [0.1, 0.15) is 6.33 Å². The summed E-state index contributed by atoms with van der Waals surface area (Å²) >= 11 is 5.88.